The summed E-state index contributed by atoms with van der Waals surface area (Å²) in [6.45, 7) is 7.95. The molecule has 35 heavy (non-hydrogen) atoms. The Bertz CT molecular complexity index is 1220. The molecule has 0 unspecified atom stereocenters. The number of oxazole rings is 1. The molecule has 9 nitrogen and oxygen atoms in total. The quantitative estimate of drug-likeness (QED) is 0.414. The van der Waals surface area contributed by atoms with E-state index in [4.69, 9.17) is 25.6 Å². The molecule has 0 spiro atoms. The van der Waals surface area contributed by atoms with Crippen LogP contribution in [0.1, 0.15) is 87.2 Å². The Labute approximate surface area is 209 Å². The van der Waals surface area contributed by atoms with E-state index in [9.17, 15) is 4.79 Å². The molecule has 5 rings (SSSR count). The Morgan fingerprint density at radius 3 is 2.54 bits per heavy atom. The van der Waals surface area contributed by atoms with E-state index in [1.807, 2.05) is 25.1 Å². The van der Waals surface area contributed by atoms with Crippen molar-refractivity contribution in [2.24, 2.45) is 0 Å². The number of carbonyl (C=O) groups is 1. The zero-order valence-electron chi connectivity index (χ0n) is 20.5. The second-order valence-corrected chi connectivity index (χ2v) is 10.7. The summed E-state index contributed by atoms with van der Waals surface area (Å²) in [6.07, 6.45) is 4.92. The fraction of sp³-hybridized carbons (Fsp3) is 0.520. The Morgan fingerprint density at radius 1 is 1.11 bits per heavy atom. The average Bonchev–Trinajstić information content (AvgIpc) is 3.36. The highest BCUT2D eigenvalue weighted by Crippen LogP contribution is 2.41. The van der Waals surface area contributed by atoms with E-state index in [-0.39, 0.29) is 12.5 Å². The van der Waals surface area contributed by atoms with E-state index in [0.29, 0.717) is 23.3 Å². The van der Waals surface area contributed by atoms with Gasteiger partial charge in [-0.05, 0) is 77.1 Å². The van der Waals surface area contributed by atoms with Gasteiger partial charge in [-0.3, -0.25) is 4.57 Å². The maximum atomic E-state index is 12.4. The highest BCUT2D eigenvalue weighted by molar-refractivity contribution is 6.30. The predicted octanol–water partition coefficient (Wildman–Crippen LogP) is 5.84. The molecule has 10 heteroatoms. The van der Waals surface area contributed by atoms with Crippen LogP contribution in [0.2, 0.25) is 5.02 Å². The molecule has 1 aromatic carbocycles. The number of halogens is 1. The van der Waals surface area contributed by atoms with Gasteiger partial charge in [-0.25, -0.2) is 9.78 Å². The van der Waals surface area contributed by atoms with Crippen molar-refractivity contribution in [1.29, 1.82) is 0 Å². The first-order chi connectivity index (χ1) is 16.7. The Morgan fingerprint density at radius 2 is 1.86 bits per heavy atom. The third kappa shape index (κ3) is 5.21. The lowest BCUT2D eigenvalue weighted by Gasteiger charge is -2.26. The van der Waals surface area contributed by atoms with Crippen LogP contribution in [0.5, 0.6) is 0 Å². The smallest absolute Gasteiger partial charge is 0.446 e. The normalized spacial score (nSPS) is 20.6. The molecule has 0 bridgehead atoms. The number of aromatic nitrogens is 4. The number of hydrogen-bond donors (Lipinski definition) is 0. The molecule has 1 aliphatic heterocycles. The van der Waals surface area contributed by atoms with Crippen LogP contribution in [0.15, 0.2) is 28.8 Å². The van der Waals surface area contributed by atoms with Gasteiger partial charge in [0.2, 0.25) is 0 Å². The van der Waals surface area contributed by atoms with Crippen LogP contribution in [0.3, 0.4) is 0 Å². The first kappa shape index (κ1) is 23.8. The van der Waals surface area contributed by atoms with Crippen LogP contribution in [0.4, 0.5) is 4.79 Å². The molecule has 2 aromatic heterocycles. The van der Waals surface area contributed by atoms with Crippen molar-refractivity contribution in [2.75, 3.05) is 0 Å². The van der Waals surface area contributed by atoms with Gasteiger partial charge in [-0.2, -0.15) is 0 Å². The molecule has 0 amide bonds. The zero-order chi connectivity index (χ0) is 24.7. The van der Waals surface area contributed by atoms with Crippen molar-refractivity contribution in [1.82, 2.24) is 24.8 Å². The summed E-state index contributed by atoms with van der Waals surface area (Å²) in [7, 11) is 0. The standard InChI is InChI=1S/C25H30ClN5O4/c1-15-12-27-23(33-15)17-7-5-16(6-8-17)22-29-28-21-14-30(35-24(32)34-25(2,3)4)13-18-11-19(26)9-10-20(18)31(21)22/h9-12,16-17H,5-8,13-14H2,1-4H3/t16-,17-. The van der Waals surface area contributed by atoms with E-state index in [2.05, 4.69) is 19.7 Å². The first-order valence-electron chi connectivity index (χ1n) is 12.0. The summed E-state index contributed by atoms with van der Waals surface area (Å²) in [5.41, 5.74) is 1.22. The van der Waals surface area contributed by atoms with E-state index in [0.717, 1.165) is 54.4 Å². The van der Waals surface area contributed by atoms with Gasteiger partial charge in [0.25, 0.3) is 0 Å². The highest BCUT2D eigenvalue weighted by atomic mass is 35.5. The van der Waals surface area contributed by atoms with Crippen LogP contribution in [0.25, 0.3) is 5.69 Å². The summed E-state index contributed by atoms with van der Waals surface area (Å²) < 4.78 is 13.2. The molecule has 0 saturated heterocycles. The number of carbonyl (C=O) groups excluding carboxylic acids is 1. The van der Waals surface area contributed by atoms with Gasteiger partial charge < -0.3 is 14.0 Å². The Kier molecular flexibility index (Phi) is 6.31. The van der Waals surface area contributed by atoms with Crippen molar-refractivity contribution >= 4 is 17.8 Å². The van der Waals surface area contributed by atoms with Gasteiger partial charge in [0.05, 0.1) is 25.0 Å². The SMILES string of the molecule is Cc1cnc([C@H]2CC[C@H](c3nnc4n3-c3ccc(Cl)cc3CN(OC(=O)OC(C)(C)C)C4)CC2)o1. The second-order valence-electron chi connectivity index (χ2n) is 10.3. The summed E-state index contributed by atoms with van der Waals surface area (Å²) in [6, 6.07) is 5.73. The number of rotatable bonds is 3. The van der Waals surface area contributed by atoms with Crippen molar-refractivity contribution < 1.29 is 18.8 Å². The predicted molar refractivity (Wildman–Crippen MR) is 128 cm³/mol. The molecular weight excluding hydrogens is 470 g/mol. The summed E-state index contributed by atoms with van der Waals surface area (Å²) >= 11 is 6.33. The lowest BCUT2D eigenvalue weighted by molar-refractivity contribution is -0.155. The third-order valence-corrected chi connectivity index (χ3v) is 6.61. The maximum Gasteiger partial charge on any atom is 0.528 e. The van der Waals surface area contributed by atoms with E-state index >= 15 is 0 Å². The van der Waals surface area contributed by atoms with Gasteiger partial charge in [-0.1, -0.05) is 11.6 Å². The van der Waals surface area contributed by atoms with Crippen LogP contribution in [0, 0.1) is 6.92 Å². The fourth-order valence-corrected chi connectivity index (χ4v) is 5.05. The average molecular weight is 500 g/mol. The van der Waals surface area contributed by atoms with Gasteiger partial charge in [0.15, 0.2) is 11.7 Å². The van der Waals surface area contributed by atoms with Crippen molar-refractivity contribution in [3.05, 3.63) is 58.3 Å². The third-order valence-electron chi connectivity index (χ3n) is 6.38. The van der Waals surface area contributed by atoms with Gasteiger partial charge in [0.1, 0.15) is 17.2 Å². The molecule has 3 aromatic rings. The number of fused-ring (bicyclic) bond motifs is 3. The lowest BCUT2D eigenvalue weighted by Crippen LogP contribution is -2.31. The zero-order valence-corrected chi connectivity index (χ0v) is 21.2. The number of nitrogens with zero attached hydrogens (tertiary/aromatic N) is 5. The molecular formula is C25H30ClN5O4. The van der Waals surface area contributed by atoms with Gasteiger partial charge >= 0.3 is 6.16 Å². The molecule has 0 radical (unpaired) electrons. The van der Waals surface area contributed by atoms with Crippen molar-refractivity contribution in [3.8, 4) is 5.69 Å². The van der Waals surface area contributed by atoms with Crippen molar-refractivity contribution in [3.63, 3.8) is 0 Å². The second kappa shape index (κ2) is 9.28. The number of ether oxygens (including phenoxy) is 1. The summed E-state index contributed by atoms with van der Waals surface area (Å²) in [4.78, 5) is 22.3. The topological polar surface area (TPSA) is 95.5 Å². The molecule has 2 aliphatic rings. The van der Waals surface area contributed by atoms with E-state index in [1.165, 1.54) is 0 Å². The van der Waals surface area contributed by atoms with Gasteiger partial charge in [0, 0.05) is 16.9 Å². The van der Waals surface area contributed by atoms with Crippen LogP contribution < -0.4 is 0 Å². The number of benzene rings is 1. The number of hydrogen-bond acceptors (Lipinski definition) is 8. The first-order valence-corrected chi connectivity index (χ1v) is 12.4. The largest absolute Gasteiger partial charge is 0.528 e. The van der Waals surface area contributed by atoms with Crippen LogP contribution in [-0.4, -0.2) is 36.6 Å². The van der Waals surface area contributed by atoms with Crippen molar-refractivity contribution in [2.45, 2.75) is 83.9 Å². The number of aryl methyl sites for hydroxylation is 1. The van der Waals surface area contributed by atoms with Crippen LogP contribution in [-0.2, 0) is 22.7 Å². The van der Waals surface area contributed by atoms with Crippen LogP contribution >= 0.6 is 11.6 Å². The summed E-state index contributed by atoms with van der Waals surface area (Å²) in [5, 5.41) is 11.3. The van der Waals surface area contributed by atoms with Gasteiger partial charge in [-0.15, -0.1) is 15.3 Å². The molecule has 1 aliphatic carbocycles. The Hall–Kier alpha value is -2.91. The minimum absolute atomic E-state index is 0.255. The summed E-state index contributed by atoms with van der Waals surface area (Å²) in [5.74, 6) is 3.88. The lowest BCUT2D eigenvalue weighted by atomic mass is 9.81. The molecule has 1 fully saturated rings. The van der Waals surface area contributed by atoms with E-state index in [1.54, 1.807) is 32.0 Å². The molecule has 1 saturated carbocycles. The molecule has 186 valence electrons. The molecule has 3 heterocycles. The monoisotopic (exact) mass is 499 g/mol. The molecule has 0 N–H and O–H groups in total. The highest BCUT2D eigenvalue weighted by Gasteiger charge is 2.33. The minimum Gasteiger partial charge on any atom is -0.446 e. The maximum absolute atomic E-state index is 12.4. The number of hydroxylamine groups is 2. The molecule has 0 atom stereocenters. The fourth-order valence-electron chi connectivity index (χ4n) is 4.86. The van der Waals surface area contributed by atoms with E-state index < -0.39 is 11.8 Å². The Balaban J connectivity index is 1.40. The minimum atomic E-state index is -0.755.